The fourth-order valence-corrected chi connectivity index (χ4v) is 7.18. The van der Waals surface area contributed by atoms with Crippen LogP contribution in [0.3, 0.4) is 0 Å². The predicted molar refractivity (Wildman–Crippen MR) is 240 cm³/mol. The number of nitrogens with zero attached hydrogens (tertiary/aromatic N) is 1. The Hall–Kier alpha value is -1.54. The van der Waals surface area contributed by atoms with Crippen LogP contribution in [0.2, 0.25) is 0 Å². The summed E-state index contributed by atoms with van der Waals surface area (Å²) in [6.07, 6.45) is 48.4. The van der Waals surface area contributed by atoms with Crippen LogP contribution < -0.4 is 5.32 Å². The number of unbranched alkanes of at least 4 members (excludes halogenated alkanes) is 20. The van der Waals surface area contributed by atoms with Crippen molar-refractivity contribution in [2.45, 2.75) is 206 Å². The van der Waals surface area contributed by atoms with Gasteiger partial charge in [-0.2, -0.15) is 0 Å². The lowest BCUT2D eigenvalue weighted by atomic mass is 10.0. The van der Waals surface area contributed by atoms with E-state index in [0.717, 1.165) is 77.0 Å². The molecule has 0 aliphatic carbocycles. The Morgan fingerprint density at radius 2 is 1.07 bits per heavy atom. The number of phosphoric ester groups is 1. The van der Waals surface area contributed by atoms with E-state index in [1.165, 1.54) is 89.9 Å². The van der Waals surface area contributed by atoms with Gasteiger partial charge in [0, 0.05) is 6.42 Å². The molecule has 0 aromatic carbocycles. The minimum Gasteiger partial charge on any atom is -0.391 e. The topological polar surface area (TPSA) is 105 Å². The second kappa shape index (κ2) is 38.9. The first-order valence-corrected chi connectivity index (χ1v) is 24.5. The van der Waals surface area contributed by atoms with Crippen molar-refractivity contribution in [3.8, 4) is 0 Å². The van der Waals surface area contributed by atoms with Crippen LogP contribution in [0.25, 0.3) is 0 Å². The third-order valence-electron chi connectivity index (χ3n) is 10.1. The van der Waals surface area contributed by atoms with E-state index in [4.69, 9.17) is 9.05 Å². The number of carbonyl (C=O) groups is 1. The number of aliphatic hydroxyl groups is 1. The molecule has 0 fully saturated rings. The van der Waals surface area contributed by atoms with E-state index in [2.05, 4.69) is 67.8 Å². The van der Waals surface area contributed by atoms with Crippen LogP contribution in [0.15, 0.2) is 48.6 Å². The van der Waals surface area contributed by atoms with Crippen LogP contribution in [0.4, 0.5) is 0 Å². The number of phosphoric acid groups is 1. The standard InChI is InChI=1S/C47H89N2O6P/c1-6-8-10-12-14-16-18-20-22-23-24-25-27-29-31-33-35-37-39-41-47(51)48-45(44-55-56(52,53)54-43-42-49(3,4)5)46(50)40-38-36-34-32-30-28-26-21-19-17-15-13-11-9-7-2/h8,10,14,16,20,22,24-25,45-46,50H,6-7,9,11-13,15,17-19,21,23,26-44H2,1-5H3,(H-,48,51,52,53)/p+1/b10-8-,16-14-,22-20-,25-24-. The third-order valence-corrected chi connectivity index (χ3v) is 11.1. The molecule has 0 aliphatic rings. The maximum Gasteiger partial charge on any atom is 0.472 e. The van der Waals surface area contributed by atoms with Crippen molar-refractivity contribution in [3.05, 3.63) is 48.6 Å². The summed E-state index contributed by atoms with van der Waals surface area (Å²) in [7, 11) is 1.60. The summed E-state index contributed by atoms with van der Waals surface area (Å²) in [5.74, 6) is -0.160. The molecule has 0 radical (unpaired) electrons. The number of hydrogen-bond acceptors (Lipinski definition) is 5. The van der Waals surface area contributed by atoms with Gasteiger partial charge in [-0.25, -0.2) is 4.57 Å². The van der Waals surface area contributed by atoms with Gasteiger partial charge in [-0.1, -0.05) is 184 Å². The molecule has 1 amide bonds. The van der Waals surface area contributed by atoms with Crippen LogP contribution >= 0.6 is 7.82 Å². The second-order valence-corrected chi connectivity index (χ2v) is 18.2. The lowest BCUT2D eigenvalue weighted by Gasteiger charge is -2.26. The van der Waals surface area contributed by atoms with Gasteiger partial charge in [0.05, 0.1) is 39.9 Å². The minimum atomic E-state index is -4.32. The second-order valence-electron chi connectivity index (χ2n) is 16.8. The van der Waals surface area contributed by atoms with Crippen molar-refractivity contribution >= 4 is 13.7 Å². The van der Waals surface area contributed by atoms with E-state index in [9.17, 15) is 19.4 Å². The van der Waals surface area contributed by atoms with Gasteiger partial charge in [-0.05, 0) is 51.4 Å². The highest BCUT2D eigenvalue weighted by atomic mass is 31.2. The van der Waals surface area contributed by atoms with Crippen molar-refractivity contribution in [2.24, 2.45) is 0 Å². The molecule has 3 N–H and O–H groups in total. The monoisotopic (exact) mass is 810 g/mol. The lowest BCUT2D eigenvalue weighted by Crippen LogP contribution is -2.46. The van der Waals surface area contributed by atoms with Gasteiger partial charge in [0.25, 0.3) is 0 Å². The number of allylic oxidation sites excluding steroid dienone is 8. The number of aliphatic hydroxyl groups excluding tert-OH is 1. The third kappa shape index (κ3) is 40.6. The number of nitrogens with one attached hydrogen (secondary N) is 1. The summed E-state index contributed by atoms with van der Waals surface area (Å²) in [5, 5.41) is 14.0. The summed E-state index contributed by atoms with van der Waals surface area (Å²) in [4.78, 5) is 23.2. The molecule has 3 unspecified atom stereocenters. The summed E-state index contributed by atoms with van der Waals surface area (Å²) in [6, 6.07) is -0.769. The molecule has 328 valence electrons. The van der Waals surface area contributed by atoms with Gasteiger partial charge in [0.15, 0.2) is 0 Å². The molecule has 0 aromatic heterocycles. The predicted octanol–water partition coefficient (Wildman–Crippen LogP) is 12.9. The first kappa shape index (κ1) is 54.5. The van der Waals surface area contributed by atoms with Crippen molar-refractivity contribution in [2.75, 3.05) is 40.9 Å². The first-order valence-electron chi connectivity index (χ1n) is 23.0. The maximum atomic E-state index is 12.9. The summed E-state index contributed by atoms with van der Waals surface area (Å²) in [6.45, 7) is 4.76. The summed E-state index contributed by atoms with van der Waals surface area (Å²) in [5.41, 5.74) is 0. The highest BCUT2D eigenvalue weighted by Crippen LogP contribution is 2.43. The molecule has 0 rings (SSSR count). The Bertz CT molecular complexity index is 1050. The van der Waals surface area contributed by atoms with Crippen molar-refractivity contribution in [3.63, 3.8) is 0 Å². The number of rotatable bonds is 41. The van der Waals surface area contributed by atoms with Crippen LogP contribution in [-0.4, -0.2) is 73.4 Å². The van der Waals surface area contributed by atoms with Gasteiger partial charge >= 0.3 is 7.82 Å². The Balaban J connectivity index is 4.38. The van der Waals surface area contributed by atoms with Gasteiger partial charge in [0.1, 0.15) is 13.2 Å². The number of carbonyl (C=O) groups excluding carboxylic acids is 1. The molecule has 9 heteroatoms. The van der Waals surface area contributed by atoms with Crippen LogP contribution in [0.1, 0.15) is 194 Å². The van der Waals surface area contributed by atoms with E-state index >= 15 is 0 Å². The normalized spacial score (nSPS) is 14.8. The molecule has 0 aliphatic heterocycles. The molecule has 0 spiro atoms. The highest BCUT2D eigenvalue weighted by molar-refractivity contribution is 7.47. The van der Waals surface area contributed by atoms with E-state index < -0.39 is 20.0 Å². The Labute approximate surface area is 346 Å². The van der Waals surface area contributed by atoms with E-state index in [1.54, 1.807) is 0 Å². The Morgan fingerprint density at radius 1 is 0.625 bits per heavy atom. The number of likely N-dealkylation sites (N-methyl/N-ethyl adjacent to an activating group) is 1. The van der Waals surface area contributed by atoms with Crippen molar-refractivity contribution in [1.29, 1.82) is 0 Å². The molecular weight excluding hydrogens is 719 g/mol. The van der Waals surface area contributed by atoms with E-state index in [-0.39, 0.29) is 19.1 Å². The van der Waals surface area contributed by atoms with Crippen LogP contribution in [-0.2, 0) is 18.4 Å². The molecule has 0 saturated carbocycles. The fraction of sp³-hybridized carbons (Fsp3) is 0.809. The molecule has 8 nitrogen and oxygen atoms in total. The van der Waals surface area contributed by atoms with Crippen LogP contribution in [0.5, 0.6) is 0 Å². The smallest absolute Gasteiger partial charge is 0.391 e. The zero-order chi connectivity index (χ0) is 41.4. The van der Waals surface area contributed by atoms with Crippen molar-refractivity contribution < 1.29 is 32.9 Å². The number of amides is 1. The number of hydrogen-bond donors (Lipinski definition) is 3. The molecular formula is C47H90N2O6P+. The van der Waals surface area contributed by atoms with E-state index in [0.29, 0.717) is 23.9 Å². The van der Waals surface area contributed by atoms with Gasteiger partial charge in [-0.3, -0.25) is 13.8 Å². The fourth-order valence-electron chi connectivity index (χ4n) is 6.45. The minimum absolute atomic E-state index is 0.0699. The lowest BCUT2D eigenvalue weighted by molar-refractivity contribution is -0.870. The van der Waals surface area contributed by atoms with E-state index in [1.807, 2.05) is 21.1 Å². The molecule has 56 heavy (non-hydrogen) atoms. The molecule has 0 bridgehead atoms. The number of quaternary nitrogens is 1. The average molecular weight is 810 g/mol. The zero-order valence-corrected chi connectivity index (χ0v) is 38.0. The summed E-state index contributed by atoms with van der Waals surface area (Å²) >= 11 is 0. The quantitative estimate of drug-likeness (QED) is 0.0246. The van der Waals surface area contributed by atoms with Crippen molar-refractivity contribution in [1.82, 2.24) is 5.32 Å². The largest absolute Gasteiger partial charge is 0.472 e. The Kier molecular flexibility index (Phi) is 37.9. The average Bonchev–Trinajstić information content (AvgIpc) is 3.15. The van der Waals surface area contributed by atoms with Gasteiger partial charge in [0.2, 0.25) is 5.91 Å². The Morgan fingerprint density at radius 3 is 1.57 bits per heavy atom. The molecule has 0 saturated heterocycles. The van der Waals surface area contributed by atoms with Gasteiger partial charge < -0.3 is 19.8 Å². The molecule has 0 aromatic rings. The van der Waals surface area contributed by atoms with Gasteiger partial charge in [-0.15, -0.1) is 0 Å². The highest BCUT2D eigenvalue weighted by Gasteiger charge is 2.28. The zero-order valence-electron chi connectivity index (χ0n) is 37.1. The summed E-state index contributed by atoms with van der Waals surface area (Å²) < 4.78 is 23.6. The maximum absolute atomic E-state index is 12.9. The SMILES string of the molecule is CC/C=C\C/C=C\C/C=C\C/C=C\CCCCCCCCC(=O)NC(COP(=O)(O)OCC[N+](C)(C)C)C(O)CCCCCCCCCCCCCCCCC. The molecule has 3 atom stereocenters. The van der Waals surface area contributed by atoms with Crippen LogP contribution in [0, 0.1) is 0 Å². The first-order chi connectivity index (χ1) is 27.0. The molecule has 0 heterocycles.